The SMILES string of the molecule is Cc1ccc2c(=O)c(C(=O)N3CCCC(C(F)(F)F)C3)c[nH]c2n1. The van der Waals surface area contributed by atoms with Crippen molar-refractivity contribution >= 4 is 16.9 Å². The molecule has 0 saturated carbocycles. The lowest BCUT2D eigenvalue weighted by molar-refractivity contribution is -0.184. The van der Waals surface area contributed by atoms with Crippen LogP contribution in [0.25, 0.3) is 11.0 Å². The number of hydrogen-bond donors (Lipinski definition) is 1. The molecule has 3 heterocycles. The van der Waals surface area contributed by atoms with Crippen LogP contribution in [0, 0.1) is 12.8 Å². The van der Waals surface area contributed by atoms with Crippen molar-refractivity contribution in [2.75, 3.05) is 13.1 Å². The van der Waals surface area contributed by atoms with Crippen molar-refractivity contribution in [3.63, 3.8) is 0 Å². The zero-order valence-electron chi connectivity index (χ0n) is 13.0. The average molecular weight is 339 g/mol. The number of fused-ring (bicyclic) bond motifs is 1. The summed E-state index contributed by atoms with van der Waals surface area (Å²) >= 11 is 0. The quantitative estimate of drug-likeness (QED) is 0.869. The zero-order chi connectivity index (χ0) is 17.5. The summed E-state index contributed by atoms with van der Waals surface area (Å²) in [5.74, 6) is -2.22. The lowest BCUT2D eigenvalue weighted by Crippen LogP contribution is -2.45. The molecule has 0 radical (unpaired) electrons. The summed E-state index contributed by atoms with van der Waals surface area (Å²) in [6, 6.07) is 3.20. The molecule has 128 valence electrons. The summed E-state index contributed by atoms with van der Waals surface area (Å²) in [7, 11) is 0. The summed E-state index contributed by atoms with van der Waals surface area (Å²) in [6.07, 6.45) is -2.83. The molecule has 24 heavy (non-hydrogen) atoms. The third-order valence-electron chi connectivity index (χ3n) is 4.28. The molecule has 3 rings (SSSR count). The molecular formula is C16H16F3N3O2. The van der Waals surface area contributed by atoms with E-state index in [-0.39, 0.29) is 30.3 Å². The van der Waals surface area contributed by atoms with E-state index in [9.17, 15) is 22.8 Å². The molecule has 1 atom stereocenters. The Morgan fingerprint density at radius 1 is 1.38 bits per heavy atom. The van der Waals surface area contributed by atoms with E-state index in [1.54, 1.807) is 19.1 Å². The maximum absolute atomic E-state index is 12.9. The fourth-order valence-electron chi connectivity index (χ4n) is 2.96. The predicted molar refractivity (Wildman–Crippen MR) is 81.8 cm³/mol. The van der Waals surface area contributed by atoms with Gasteiger partial charge in [0.25, 0.3) is 5.91 Å². The van der Waals surface area contributed by atoms with Crippen LogP contribution in [0.5, 0.6) is 0 Å². The second kappa shape index (κ2) is 5.92. The highest BCUT2D eigenvalue weighted by atomic mass is 19.4. The molecule has 8 heteroatoms. The van der Waals surface area contributed by atoms with E-state index >= 15 is 0 Å². The summed E-state index contributed by atoms with van der Waals surface area (Å²) < 4.78 is 38.7. The van der Waals surface area contributed by atoms with Crippen LogP contribution in [0.15, 0.2) is 23.1 Å². The van der Waals surface area contributed by atoms with Gasteiger partial charge in [0, 0.05) is 25.0 Å². The van der Waals surface area contributed by atoms with Gasteiger partial charge in [0.15, 0.2) is 0 Å². The molecular weight excluding hydrogens is 323 g/mol. The number of halogens is 3. The number of nitrogens with zero attached hydrogens (tertiary/aromatic N) is 2. The largest absolute Gasteiger partial charge is 0.393 e. The Morgan fingerprint density at radius 2 is 2.12 bits per heavy atom. The number of nitrogens with one attached hydrogen (secondary N) is 1. The number of hydrogen-bond acceptors (Lipinski definition) is 3. The summed E-state index contributed by atoms with van der Waals surface area (Å²) in [5, 5.41) is 0.246. The number of aromatic amines is 1. The molecule has 0 bridgehead atoms. The van der Waals surface area contributed by atoms with E-state index in [4.69, 9.17) is 0 Å². The number of aryl methyl sites for hydroxylation is 1. The maximum atomic E-state index is 12.9. The topological polar surface area (TPSA) is 66.1 Å². The number of carbonyl (C=O) groups excluding carboxylic acids is 1. The van der Waals surface area contributed by atoms with Crippen LogP contribution in [-0.2, 0) is 0 Å². The van der Waals surface area contributed by atoms with Crippen LogP contribution >= 0.6 is 0 Å². The molecule has 5 nitrogen and oxygen atoms in total. The summed E-state index contributed by atoms with van der Waals surface area (Å²) in [4.78, 5) is 33.1. The minimum atomic E-state index is -4.34. The van der Waals surface area contributed by atoms with E-state index in [1.807, 2.05) is 0 Å². The van der Waals surface area contributed by atoms with Gasteiger partial charge in [-0.25, -0.2) is 4.98 Å². The van der Waals surface area contributed by atoms with E-state index in [1.165, 1.54) is 6.20 Å². The highest BCUT2D eigenvalue weighted by Crippen LogP contribution is 2.33. The number of aromatic nitrogens is 2. The highest BCUT2D eigenvalue weighted by Gasteiger charge is 2.43. The number of amides is 1. The average Bonchev–Trinajstić information content (AvgIpc) is 2.54. The Labute approximate surface area is 135 Å². The number of piperidine rings is 1. The Hall–Kier alpha value is -2.38. The monoisotopic (exact) mass is 339 g/mol. The van der Waals surface area contributed by atoms with Gasteiger partial charge in [-0.2, -0.15) is 13.2 Å². The molecule has 1 aliphatic heterocycles. The van der Waals surface area contributed by atoms with Gasteiger partial charge in [0.1, 0.15) is 11.2 Å². The molecule has 2 aromatic rings. The van der Waals surface area contributed by atoms with Gasteiger partial charge in [0.2, 0.25) is 5.43 Å². The number of pyridine rings is 2. The first-order chi connectivity index (χ1) is 11.3. The van der Waals surface area contributed by atoms with Gasteiger partial charge in [-0.1, -0.05) is 0 Å². The van der Waals surface area contributed by atoms with Gasteiger partial charge in [-0.3, -0.25) is 9.59 Å². The lowest BCUT2D eigenvalue weighted by atomic mass is 9.97. The third-order valence-corrected chi connectivity index (χ3v) is 4.28. The van der Waals surface area contributed by atoms with E-state index in [2.05, 4.69) is 9.97 Å². The lowest BCUT2D eigenvalue weighted by Gasteiger charge is -2.33. The Bertz CT molecular complexity index is 845. The highest BCUT2D eigenvalue weighted by molar-refractivity contribution is 5.96. The molecule has 1 N–H and O–H groups in total. The molecule has 1 aliphatic rings. The van der Waals surface area contributed by atoms with E-state index < -0.39 is 30.0 Å². The zero-order valence-corrected chi connectivity index (χ0v) is 13.0. The van der Waals surface area contributed by atoms with Crippen molar-refractivity contribution in [3.05, 3.63) is 39.8 Å². The molecule has 1 fully saturated rings. The first-order valence-electron chi connectivity index (χ1n) is 7.62. The molecule has 0 aromatic carbocycles. The van der Waals surface area contributed by atoms with Crippen LogP contribution in [0.4, 0.5) is 13.2 Å². The molecule has 1 saturated heterocycles. The van der Waals surface area contributed by atoms with Gasteiger partial charge >= 0.3 is 6.18 Å². The first kappa shape index (κ1) is 16.5. The second-order valence-corrected chi connectivity index (χ2v) is 6.01. The molecule has 0 aliphatic carbocycles. The maximum Gasteiger partial charge on any atom is 0.393 e. The van der Waals surface area contributed by atoms with Gasteiger partial charge in [-0.05, 0) is 31.9 Å². The normalized spacial score (nSPS) is 18.8. The van der Waals surface area contributed by atoms with Gasteiger partial charge in [0.05, 0.1) is 11.3 Å². The van der Waals surface area contributed by atoms with E-state index in [0.717, 1.165) is 4.90 Å². The standard InChI is InChI=1S/C16H16F3N3O2/c1-9-4-5-11-13(23)12(7-20-14(11)21-9)15(24)22-6-2-3-10(8-22)16(17,18)19/h4-5,7,10H,2-3,6,8H2,1H3,(H,20,21,23). The summed E-state index contributed by atoms with van der Waals surface area (Å²) in [5.41, 5.74) is 0.385. The van der Waals surface area contributed by atoms with Crippen LogP contribution in [-0.4, -0.2) is 40.0 Å². The molecule has 1 amide bonds. The van der Waals surface area contributed by atoms with Crippen LogP contribution in [0.1, 0.15) is 28.9 Å². The molecule has 2 aromatic heterocycles. The number of carbonyl (C=O) groups is 1. The van der Waals surface area contributed by atoms with Crippen molar-refractivity contribution < 1.29 is 18.0 Å². The minimum Gasteiger partial charge on any atom is -0.345 e. The molecule has 1 unspecified atom stereocenters. The molecule has 0 spiro atoms. The fraction of sp³-hybridized carbons (Fsp3) is 0.438. The fourth-order valence-corrected chi connectivity index (χ4v) is 2.96. The van der Waals surface area contributed by atoms with Crippen molar-refractivity contribution in [1.29, 1.82) is 0 Å². The van der Waals surface area contributed by atoms with Gasteiger partial charge < -0.3 is 9.88 Å². The minimum absolute atomic E-state index is 0.00452. The number of H-pyrrole nitrogens is 1. The van der Waals surface area contributed by atoms with Crippen LogP contribution in [0.3, 0.4) is 0 Å². The first-order valence-corrected chi connectivity index (χ1v) is 7.62. The number of likely N-dealkylation sites (tertiary alicyclic amines) is 1. The third kappa shape index (κ3) is 3.00. The summed E-state index contributed by atoms with van der Waals surface area (Å²) in [6.45, 7) is 1.57. The van der Waals surface area contributed by atoms with Crippen LogP contribution < -0.4 is 5.43 Å². The van der Waals surface area contributed by atoms with Crippen molar-refractivity contribution in [2.45, 2.75) is 25.9 Å². The smallest absolute Gasteiger partial charge is 0.345 e. The van der Waals surface area contributed by atoms with Crippen molar-refractivity contribution in [1.82, 2.24) is 14.9 Å². The second-order valence-electron chi connectivity index (χ2n) is 6.01. The van der Waals surface area contributed by atoms with E-state index in [0.29, 0.717) is 11.3 Å². The van der Waals surface area contributed by atoms with Crippen LogP contribution in [0.2, 0.25) is 0 Å². The van der Waals surface area contributed by atoms with Crippen molar-refractivity contribution in [3.8, 4) is 0 Å². The Morgan fingerprint density at radius 3 is 2.83 bits per heavy atom. The number of alkyl halides is 3. The van der Waals surface area contributed by atoms with Crippen molar-refractivity contribution in [2.24, 2.45) is 5.92 Å². The Balaban J connectivity index is 1.93. The van der Waals surface area contributed by atoms with Gasteiger partial charge in [-0.15, -0.1) is 0 Å². The predicted octanol–water partition coefficient (Wildman–Crippen LogP) is 2.65. The Kier molecular flexibility index (Phi) is 4.06. The number of rotatable bonds is 1.